The Morgan fingerprint density at radius 2 is 1.48 bits per heavy atom. The minimum absolute atomic E-state index is 0.137. The first kappa shape index (κ1) is 34.0. The Bertz CT molecular complexity index is 990. The van der Waals surface area contributed by atoms with E-state index in [1.807, 2.05) is 6.92 Å². The second-order valence-corrected chi connectivity index (χ2v) is 14.1. The van der Waals surface area contributed by atoms with Crippen molar-refractivity contribution in [3.63, 3.8) is 0 Å². The van der Waals surface area contributed by atoms with Gasteiger partial charge in [0.1, 0.15) is 36.6 Å². The lowest BCUT2D eigenvalue weighted by Crippen LogP contribution is -2.62. The zero-order valence-electron chi connectivity index (χ0n) is 26.2. The fourth-order valence-electron chi connectivity index (χ4n) is 7.94. The van der Waals surface area contributed by atoms with Crippen molar-refractivity contribution in [2.75, 3.05) is 0 Å². The SMILES string of the molecule is C=C[C@@](C)(CC[C@]1(C)[C@@H](C)CC(O[C@@H]2O[C@H](C)[C@H](O)[C@H](O)[C@H]2O)[C@]2(C)C(C)=CCC[C@@H]12)O[C@@H]1O[C@@H](C)[C@H](O)[C@@H](O)[C@H]1O. The zero-order valence-corrected chi connectivity index (χ0v) is 26.2. The molecule has 3 fully saturated rings. The van der Waals surface area contributed by atoms with Gasteiger partial charge in [-0.1, -0.05) is 38.5 Å². The molecule has 0 radical (unpaired) electrons. The van der Waals surface area contributed by atoms with Gasteiger partial charge in [-0.2, -0.15) is 0 Å². The third-order valence-corrected chi connectivity index (χ3v) is 11.5. The smallest absolute Gasteiger partial charge is 0.187 e. The largest absolute Gasteiger partial charge is 0.388 e. The summed E-state index contributed by atoms with van der Waals surface area (Å²) in [5.74, 6) is 0.433. The predicted octanol–water partition coefficient (Wildman–Crippen LogP) is 2.18. The zero-order chi connectivity index (χ0) is 31.4. The van der Waals surface area contributed by atoms with Crippen LogP contribution in [-0.4, -0.2) is 104 Å². The number of allylic oxidation sites excluding steroid dienone is 1. The molecule has 0 aromatic rings. The fraction of sp³-hybridized carbons (Fsp3) is 0.875. The van der Waals surface area contributed by atoms with Crippen LogP contribution >= 0.6 is 0 Å². The molecule has 2 heterocycles. The van der Waals surface area contributed by atoms with Gasteiger partial charge in [-0.3, -0.25) is 0 Å². The monoisotopic (exact) mass is 598 g/mol. The highest BCUT2D eigenvalue weighted by Crippen LogP contribution is 2.63. The van der Waals surface area contributed by atoms with Crippen LogP contribution in [0.4, 0.5) is 0 Å². The van der Waals surface area contributed by atoms with Gasteiger partial charge in [0.25, 0.3) is 0 Å². The van der Waals surface area contributed by atoms with E-state index < -0.39 is 67.0 Å². The molecule has 242 valence electrons. The average molecular weight is 599 g/mol. The first-order chi connectivity index (χ1) is 19.5. The van der Waals surface area contributed by atoms with Crippen molar-refractivity contribution in [1.82, 2.24) is 0 Å². The molecule has 2 aliphatic heterocycles. The maximum atomic E-state index is 10.7. The standard InChI is InChI=1S/C32H54O10/c1-9-30(6,42-29-27(38)25(36)23(34)19(5)40-29)13-14-31(7)17(3)15-21(32(8)16(2)11-10-12-20(31)32)41-28-26(37)24(35)22(33)18(4)39-28/h9,11,17-29,33-38H,1,10,12-15H2,2-8H3/t17-,18+,19-,20-,21?,22-,23-,24-,25+,26+,27+,28-,29-,30-,31+,32+/m0/s1. The van der Waals surface area contributed by atoms with Crippen LogP contribution in [0, 0.1) is 22.7 Å². The topological polar surface area (TPSA) is 158 Å². The van der Waals surface area contributed by atoms with E-state index in [-0.39, 0.29) is 28.8 Å². The van der Waals surface area contributed by atoms with Crippen LogP contribution in [0.15, 0.2) is 24.3 Å². The highest BCUT2D eigenvalue weighted by molar-refractivity contribution is 5.24. The Hall–Kier alpha value is -0.920. The molecular formula is C32H54O10. The van der Waals surface area contributed by atoms with Crippen LogP contribution < -0.4 is 0 Å². The molecule has 0 amide bonds. The van der Waals surface area contributed by atoms with Crippen molar-refractivity contribution < 1.29 is 49.6 Å². The second kappa shape index (κ2) is 12.5. The average Bonchev–Trinajstić information content (AvgIpc) is 2.95. The third kappa shape index (κ3) is 5.89. The van der Waals surface area contributed by atoms with E-state index in [1.54, 1.807) is 19.9 Å². The van der Waals surface area contributed by atoms with E-state index >= 15 is 0 Å². The van der Waals surface area contributed by atoms with Crippen LogP contribution in [-0.2, 0) is 18.9 Å². The summed E-state index contributed by atoms with van der Waals surface area (Å²) in [7, 11) is 0. The molecule has 2 aliphatic carbocycles. The molecule has 1 saturated carbocycles. The van der Waals surface area contributed by atoms with Crippen molar-refractivity contribution >= 4 is 0 Å². The lowest BCUT2D eigenvalue weighted by molar-refractivity contribution is -0.322. The summed E-state index contributed by atoms with van der Waals surface area (Å²) in [6, 6.07) is 0. The molecule has 4 aliphatic rings. The van der Waals surface area contributed by atoms with Crippen LogP contribution in [0.5, 0.6) is 0 Å². The van der Waals surface area contributed by atoms with Gasteiger partial charge in [0.2, 0.25) is 0 Å². The summed E-state index contributed by atoms with van der Waals surface area (Å²) < 4.78 is 24.4. The summed E-state index contributed by atoms with van der Waals surface area (Å²) in [6.07, 6.45) is -3.76. The van der Waals surface area contributed by atoms with E-state index in [9.17, 15) is 30.6 Å². The molecule has 0 aromatic heterocycles. The minimum atomic E-state index is -1.40. The van der Waals surface area contributed by atoms with E-state index in [0.29, 0.717) is 12.8 Å². The summed E-state index contributed by atoms with van der Waals surface area (Å²) in [4.78, 5) is 0. The molecule has 2 saturated heterocycles. The summed E-state index contributed by atoms with van der Waals surface area (Å²) in [5.41, 5.74) is -0.144. The van der Waals surface area contributed by atoms with Crippen molar-refractivity contribution in [1.29, 1.82) is 0 Å². The Morgan fingerprint density at radius 3 is 2.05 bits per heavy atom. The van der Waals surface area contributed by atoms with Gasteiger partial charge in [0, 0.05) is 5.41 Å². The van der Waals surface area contributed by atoms with Crippen molar-refractivity contribution in [2.24, 2.45) is 22.7 Å². The molecule has 42 heavy (non-hydrogen) atoms. The Kier molecular flexibility index (Phi) is 10.1. The highest BCUT2D eigenvalue weighted by Gasteiger charge is 2.59. The molecular weight excluding hydrogens is 544 g/mol. The van der Waals surface area contributed by atoms with Crippen molar-refractivity contribution in [2.45, 2.75) is 154 Å². The number of ether oxygens (including phenoxy) is 4. The van der Waals surface area contributed by atoms with E-state index in [1.165, 1.54) is 5.57 Å². The van der Waals surface area contributed by atoms with E-state index in [0.717, 1.165) is 19.3 Å². The van der Waals surface area contributed by atoms with Gasteiger partial charge in [-0.05, 0) is 77.0 Å². The Morgan fingerprint density at radius 1 is 0.929 bits per heavy atom. The van der Waals surface area contributed by atoms with Gasteiger partial charge in [-0.25, -0.2) is 0 Å². The number of hydrogen-bond donors (Lipinski definition) is 6. The van der Waals surface area contributed by atoms with Gasteiger partial charge in [0.15, 0.2) is 12.6 Å². The number of fused-ring (bicyclic) bond motifs is 1. The van der Waals surface area contributed by atoms with Crippen LogP contribution in [0.3, 0.4) is 0 Å². The molecule has 0 spiro atoms. The maximum absolute atomic E-state index is 10.7. The third-order valence-electron chi connectivity index (χ3n) is 11.5. The molecule has 4 rings (SSSR count). The van der Waals surface area contributed by atoms with E-state index in [2.05, 4.69) is 40.3 Å². The van der Waals surface area contributed by atoms with Crippen LogP contribution in [0.2, 0.25) is 0 Å². The number of hydrogen-bond acceptors (Lipinski definition) is 10. The van der Waals surface area contributed by atoms with Crippen LogP contribution in [0.25, 0.3) is 0 Å². The Labute approximate surface area is 250 Å². The van der Waals surface area contributed by atoms with Crippen LogP contribution in [0.1, 0.15) is 80.6 Å². The molecule has 10 nitrogen and oxygen atoms in total. The minimum Gasteiger partial charge on any atom is -0.388 e. The van der Waals surface area contributed by atoms with Gasteiger partial charge < -0.3 is 49.6 Å². The molecule has 6 N–H and O–H groups in total. The van der Waals surface area contributed by atoms with Crippen molar-refractivity contribution in [3.05, 3.63) is 24.3 Å². The molecule has 1 unspecified atom stereocenters. The van der Waals surface area contributed by atoms with Gasteiger partial charge in [-0.15, -0.1) is 6.58 Å². The highest BCUT2D eigenvalue weighted by atomic mass is 16.7. The normalized spacial score (nSPS) is 51.3. The quantitative estimate of drug-likeness (QED) is 0.229. The summed E-state index contributed by atoms with van der Waals surface area (Å²) >= 11 is 0. The van der Waals surface area contributed by atoms with E-state index in [4.69, 9.17) is 18.9 Å². The van der Waals surface area contributed by atoms with Gasteiger partial charge in [0.05, 0.1) is 23.9 Å². The molecule has 16 atom stereocenters. The number of rotatable bonds is 8. The Balaban J connectivity index is 1.54. The number of aliphatic hydroxyl groups is 6. The molecule has 0 aromatic carbocycles. The van der Waals surface area contributed by atoms with Gasteiger partial charge >= 0.3 is 0 Å². The summed E-state index contributed by atoms with van der Waals surface area (Å²) in [6.45, 7) is 18.1. The fourth-order valence-corrected chi connectivity index (χ4v) is 7.94. The lowest BCUT2D eigenvalue weighted by Gasteiger charge is -2.61. The van der Waals surface area contributed by atoms with Crippen molar-refractivity contribution in [3.8, 4) is 0 Å². The lowest BCUT2D eigenvalue weighted by atomic mass is 9.45. The molecule has 0 bridgehead atoms. The predicted molar refractivity (Wildman–Crippen MR) is 155 cm³/mol. The second-order valence-electron chi connectivity index (χ2n) is 14.1. The summed E-state index contributed by atoms with van der Waals surface area (Å²) in [5, 5.41) is 62.2. The first-order valence-corrected chi connectivity index (χ1v) is 15.5. The molecule has 10 heteroatoms. The number of aliphatic hydroxyl groups excluding tert-OH is 6. The first-order valence-electron chi connectivity index (χ1n) is 15.5. The maximum Gasteiger partial charge on any atom is 0.187 e.